The maximum Gasteiger partial charge on any atom is 0.227 e. The predicted octanol–water partition coefficient (Wildman–Crippen LogP) is 3.67. The summed E-state index contributed by atoms with van der Waals surface area (Å²) in [4.78, 5) is 14.7. The zero-order valence-electron chi connectivity index (χ0n) is 13.5. The van der Waals surface area contributed by atoms with Crippen molar-refractivity contribution < 1.29 is 14.3 Å². The third-order valence-electron chi connectivity index (χ3n) is 4.30. The molecule has 0 saturated carbocycles. The molecule has 1 aliphatic heterocycles. The first-order chi connectivity index (χ1) is 11.2. The summed E-state index contributed by atoms with van der Waals surface area (Å²) < 4.78 is 10.6. The molecule has 0 unspecified atom stereocenters. The van der Waals surface area contributed by atoms with Gasteiger partial charge in [-0.15, -0.1) is 0 Å². The lowest BCUT2D eigenvalue weighted by Gasteiger charge is -2.24. The summed E-state index contributed by atoms with van der Waals surface area (Å²) in [5.41, 5.74) is 2.21. The molecule has 0 bridgehead atoms. The zero-order chi connectivity index (χ0) is 16.2. The van der Waals surface area contributed by atoms with Crippen LogP contribution in [-0.4, -0.2) is 31.6 Å². The molecule has 0 radical (unpaired) electrons. The highest BCUT2D eigenvalue weighted by atomic mass is 32.1. The van der Waals surface area contributed by atoms with Gasteiger partial charge < -0.3 is 14.4 Å². The van der Waals surface area contributed by atoms with Gasteiger partial charge in [0.2, 0.25) is 5.91 Å². The predicted molar refractivity (Wildman–Crippen MR) is 91.3 cm³/mol. The largest absolute Gasteiger partial charge is 0.493 e. The highest BCUT2D eigenvalue weighted by Crippen LogP contribution is 2.34. The summed E-state index contributed by atoms with van der Waals surface area (Å²) in [6, 6.07) is 8.01. The van der Waals surface area contributed by atoms with Crippen molar-refractivity contribution in [2.75, 3.05) is 20.8 Å². The Bertz CT molecular complexity index is 669. The minimum absolute atomic E-state index is 0.172. The number of carbonyl (C=O) groups is 1. The molecular formula is C18H21NO3S. The molecule has 1 aromatic heterocycles. The monoisotopic (exact) mass is 331 g/mol. The second kappa shape index (κ2) is 7.04. The summed E-state index contributed by atoms with van der Waals surface area (Å²) in [5.74, 6) is 1.51. The number of hydrogen-bond donors (Lipinski definition) is 0. The summed E-state index contributed by atoms with van der Waals surface area (Å²) >= 11 is 1.68. The molecule has 1 aromatic carbocycles. The number of carbonyl (C=O) groups excluding carboxylic acids is 1. The van der Waals surface area contributed by atoms with Gasteiger partial charge in [0.25, 0.3) is 0 Å². The van der Waals surface area contributed by atoms with E-state index in [2.05, 4.69) is 16.8 Å². The fourth-order valence-electron chi connectivity index (χ4n) is 3.14. The molecule has 3 rings (SSSR count). The van der Waals surface area contributed by atoms with E-state index in [9.17, 15) is 4.79 Å². The topological polar surface area (TPSA) is 38.8 Å². The molecule has 23 heavy (non-hydrogen) atoms. The van der Waals surface area contributed by atoms with Crippen molar-refractivity contribution in [3.63, 3.8) is 0 Å². The van der Waals surface area contributed by atoms with Crippen LogP contribution in [0.5, 0.6) is 11.5 Å². The molecule has 1 fully saturated rings. The van der Waals surface area contributed by atoms with Crippen LogP contribution in [0.25, 0.3) is 0 Å². The van der Waals surface area contributed by atoms with Gasteiger partial charge in [-0.25, -0.2) is 0 Å². The molecule has 0 N–H and O–H groups in total. The van der Waals surface area contributed by atoms with Crippen molar-refractivity contribution in [2.24, 2.45) is 0 Å². The lowest BCUT2D eigenvalue weighted by Crippen LogP contribution is -2.31. The Morgan fingerprint density at radius 3 is 2.78 bits per heavy atom. The number of amides is 1. The van der Waals surface area contributed by atoms with E-state index in [1.54, 1.807) is 25.6 Å². The van der Waals surface area contributed by atoms with Gasteiger partial charge in [-0.05, 0) is 52.9 Å². The minimum atomic E-state index is 0.172. The summed E-state index contributed by atoms with van der Waals surface area (Å²) in [6.45, 7) is 0.840. The number of nitrogens with zero attached hydrogens (tertiary/aromatic N) is 1. The molecule has 122 valence electrons. The van der Waals surface area contributed by atoms with Gasteiger partial charge in [-0.1, -0.05) is 6.07 Å². The van der Waals surface area contributed by atoms with E-state index in [0.717, 1.165) is 24.9 Å². The molecule has 5 heteroatoms. The standard InChI is InChI=1S/C18H21NO3S/c1-21-16-6-5-13(10-17(16)22-2)11-18(20)19-8-3-4-15(19)14-7-9-23-12-14/h5-7,9-10,12,15H,3-4,8,11H2,1-2H3/t15-/m1/s1. The summed E-state index contributed by atoms with van der Waals surface area (Å²) in [7, 11) is 3.22. The van der Waals surface area contributed by atoms with E-state index in [0.29, 0.717) is 17.9 Å². The number of methoxy groups -OCH3 is 2. The van der Waals surface area contributed by atoms with Crippen molar-refractivity contribution in [1.29, 1.82) is 0 Å². The number of benzene rings is 1. The van der Waals surface area contributed by atoms with Gasteiger partial charge in [-0.3, -0.25) is 4.79 Å². The Kier molecular flexibility index (Phi) is 4.86. The zero-order valence-corrected chi connectivity index (χ0v) is 14.3. The average Bonchev–Trinajstić information content (AvgIpc) is 3.25. The fourth-order valence-corrected chi connectivity index (χ4v) is 3.85. The molecule has 1 atom stereocenters. The van der Waals surface area contributed by atoms with E-state index >= 15 is 0 Å². The van der Waals surface area contributed by atoms with Crippen molar-refractivity contribution in [2.45, 2.75) is 25.3 Å². The van der Waals surface area contributed by atoms with Crippen LogP contribution in [0, 0.1) is 0 Å². The molecule has 0 aliphatic carbocycles. The van der Waals surface area contributed by atoms with Crippen LogP contribution in [0.4, 0.5) is 0 Å². The molecule has 2 heterocycles. The number of thiophene rings is 1. The number of hydrogen-bond acceptors (Lipinski definition) is 4. The first-order valence-electron chi connectivity index (χ1n) is 7.75. The second-order valence-electron chi connectivity index (χ2n) is 5.67. The maximum absolute atomic E-state index is 12.7. The van der Waals surface area contributed by atoms with Crippen LogP contribution in [0.15, 0.2) is 35.0 Å². The molecule has 2 aromatic rings. The first kappa shape index (κ1) is 15.9. The minimum Gasteiger partial charge on any atom is -0.493 e. The van der Waals surface area contributed by atoms with Gasteiger partial charge in [0.05, 0.1) is 26.7 Å². The van der Waals surface area contributed by atoms with Gasteiger partial charge in [0.1, 0.15) is 0 Å². The lowest BCUT2D eigenvalue weighted by molar-refractivity contribution is -0.131. The second-order valence-corrected chi connectivity index (χ2v) is 6.45. The molecule has 1 aliphatic rings. The first-order valence-corrected chi connectivity index (χ1v) is 8.69. The van der Waals surface area contributed by atoms with Gasteiger partial charge in [0.15, 0.2) is 11.5 Å². The number of rotatable bonds is 5. The maximum atomic E-state index is 12.7. The third kappa shape index (κ3) is 3.34. The van der Waals surface area contributed by atoms with Crippen molar-refractivity contribution in [3.05, 3.63) is 46.2 Å². The Morgan fingerprint density at radius 2 is 2.09 bits per heavy atom. The van der Waals surface area contributed by atoms with Gasteiger partial charge >= 0.3 is 0 Å². The number of likely N-dealkylation sites (tertiary alicyclic amines) is 1. The van der Waals surface area contributed by atoms with Crippen molar-refractivity contribution in [1.82, 2.24) is 4.90 Å². The van der Waals surface area contributed by atoms with Crippen LogP contribution < -0.4 is 9.47 Å². The Labute approximate surface area is 140 Å². The van der Waals surface area contributed by atoms with Crippen molar-refractivity contribution in [3.8, 4) is 11.5 Å². The van der Waals surface area contributed by atoms with Crippen LogP contribution in [-0.2, 0) is 11.2 Å². The molecule has 1 saturated heterocycles. The summed E-state index contributed by atoms with van der Waals surface area (Å²) in [5, 5.41) is 4.22. The molecule has 0 spiro atoms. The van der Waals surface area contributed by atoms with E-state index in [-0.39, 0.29) is 11.9 Å². The Morgan fingerprint density at radius 1 is 1.26 bits per heavy atom. The Hall–Kier alpha value is -2.01. The SMILES string of the molecule is COc1ccc(CC(=O)N2CCC[C@@H]2c2ccsc2)cc1OC. The highest BCUT2D eigenvalue weighted by Gasteiger charge is 2.30. The molecular weight excluding hydrogens is 310 g/mol. The Balaban J connectivity index is 1.74. The fraction of sp³-hybridized carbons (Fsp3) is 0.389. The van der Waals surface area contributed by atoms with Gasteiger partial charge in [0, 0.05) is 6.54 Å². The highest BCUT2D eigenvalue weighted by molar-refractivity contribution is 7.07. The van der Waals surface area contributed by atoms with E-state index in [4.69, 9.17) is 9.47 Å². The van der Waals surface area contributed by atoms with E-state index in [1.807, 2.05) is 23.1 Å². The number of ether oxygens (including phenoxy) is 2. The van der Waals surface area contributed by atoms with Crippen molar-refractivity contribution >= 4 is 17.2 Å². The van der Waals surface area contributed by atoms with Crippen LogP contribution >= 0.6 is 11.3 Å². The van der Waals surface area contributed by atoms with E-state index < -0.39 is 0 Å². The smallest absolute Gasteiger partial charge is 0.227 e. The molecule has 4 nitrogen and oxygen atoms in total. The van der Waals surface area contributed by atoms with Crippen LogP contribution in [0.2, 0.25) is 0 Å². The van der Waals surface area contributed by atoms with Gasteiger partial charge in [-0.2, -0.15) is 11.3 Å². The van der Waals surface area contributed by atoms with Crippen LogP contribution in [0.1, 0.15) is 30.0 Å². The van der Waals surface area contributed by atoms with Crippen LogP contribution in [0.3, 0.4) is 0 Å². The third-order valence-corrected chi connectivity index (χ3v) is 5.01. The van der Waals surface area contributed by atoms with E-state index in [1.165, 1.54) is 5.56 Å². The quantitative estimate of drug-likeness (QED) is 0.839. The average molecular weight is 331 g/mol. The lowest BCUT2D eigenvalue weighted by atomic mass is 10.1. The summed E-state index contributed by atoms with van der Waals surface area (Å²) in [6.07, 6.45) is 2.51. The molecule has 1 amide bonds. The normalized spacial score (nSPS) is 17.3.